The molecule has 0 radical (unpaired) electrons. The van der Waals surface area contributed by atoms with Crippen LogP contribution >= 0.6 is 0 Å². The van der Waals surface area contributed by atoms with Crippen molar-refractivity contribution in [1.82, 2.24) is 15.5 Å². The molecule has 0 spiro atoms. The summed E-state index contributed by atoms with van der Waals surface area (Å²) in [6, 6.07) is 0.642. The number of aliphatic imine (C=N–C) groups is 1. The Hall–Kier alpha value is -0.980. The Kier molecular flexibility index (Phi) is 7.85. The highest BCUT2D eigenvalue weighted by Gasteiger charge is 2.26. The molecule has 1 heterocycles. The molecule has 2 N–H and O–H groups in total. The number of alkyl halides is 3. The summed E-state index contributed by atoms with van der Waals surface area (Å²) in [5.74, 6) is 0.436. The molecule has 0 aromatic carbocycles. The van der Waals surface area contributed by atoms with Crippen molar-refractivity contribution in [3.8, 4) is 0 Å². The van der Waals surface area contributed by atoms with Crippen LogP contribution in [0, 0.1) is 0 Å². The maximum atomic E-state index is 12.1. The van der Waals surface area contributed by atoms with E-state index in [2.05, 4.69) is 27.4 Å². The lowest BCUT2D eigenvalue weighted by atomic mass is 10.0. The first kappa shape index (κ1) is 18.1. The molecule has 0 aromatic rings. The third-order valence-electron chi connectivity index (χ3n) is 3.78. The highest BCUT2D eigenvalue weighted by Crippen LogP contribution is 2.18. The third kappa shape index (κ3) is 8.14. The van der Waals surface area contributed by atoms with E-state index < -0.39 is 12.6 Å². The van der Waals surface area contributed by atoms with Crippen LogP contribution in [0.2, 0.25) is 0 Å². The van der Waals surface area contributed by atoms with Gasteiger partial charge >= 0.3 is 6.18 Å². The van der Waals surface area contributed by atoms with Crippen LogP contribution in [-0.2, 0) is 0 Å². The largest absolute Gasteiger partial charge is 0.390 e. The normalized spacial score (nSPS) is 21.4. The van der Waals surface area contributed by atoms with E-state index in [0.29, 0.717) is 12.0 Å². The number of nitrogens with one attached hydrogen (secondary N) is 2. The van der Waals surface area contributed by atoms with Crippen molar-refractivity contribution >= 4 is 5.96 Å². The average molecular weight is 308 g/mol. The van der Waals surface area contributed by atoms with Crippen LogP contribution in [0.1, 0.15) is 39.0 Å². The molecule has 0 amide bonds. The summed E-state index contributed by atoms with van der Waals surface area (Å²) in [7, 11) is 1.57. The number of rotatable bonds is 6. The van der Waals surface area contributed by atoms with E-state index in [4.69, 9.17) is 0 Å². The van der Waals surface area contributed by atoms with Gasteiger partial charge in [0.2, 0.25) is 0 Å². The molecule has 0 saturated carbocycles. The fraction of sp³-hybridized carbons (Fsp3) is 0.929. The number of nitrogens with zero attached hydrogens (tertiary/aromatic N) is 2. The number of hydrogen-bond acceptors (Lipinski definition) is 2. The fourth-order valence-corrected chi connectivity index (χ4v) is 2.52. The van der Waals surface area contributed by atoms with Crippen LogP contribution < -0.4 is 10.6 Å². The van der Waals surface area contributed by atoms with E-state index >= 15 is 0 Å². The minimum atomic E-state index is -4.13. The molecule has 0 aromatic heterocycles. The first-order valence-corrected chi connectivity index (χ1v) is 7.67. The Bertz CT molecular complexity index is 318. The summed E-state index contributed by atoms with van der Waals surface area (Å²) in [5.41, 5.74) is 0. The van der Waals surface area contributed by atoms with Gasteiger partial charge in [-0.3, -0.25) is 4.99 Å². The Morgan fingerprint density at radius 3 is 2.57 bits per heavy atom. The summed E-state index contributed by atoms with van der Waals surface area (Å²) in [6.45, 7) is 5.00. The molecule has 1 atom stereocenters. The minimum Gasteiger partial charge on any atom is -0.356 e. The summed E-state index contributed by atoms with van der Waals surface area (Å²) >= 11 is 0. The van der Waals surface area contributed by atoms with E-state index in [-0.39, 0.29) is 6.54 Å². The zero-order chi connectivity index (χ0) is 15.7. The Morgan fingerprint density at radius 2 is 1.95 bits per heavy atom. The summed E-state index contributed by atoms with van der Waals surface area (Å²) in [4.78, 5) is 6.40. The maximum absolute atomic E-state index is 12.1. The number of hydrogen-bond donors (Lipinski definition) is 2. The van der Waals surface area contributed by atoms with Gasteiger partial charge in [-0.1, -0.05) is 6.42 Å². The standard InChI is InChI=1S/C14H27F3N4/c1-12-6-3-4-10-21(12)11-5-8-19-13(18-2)20-9-7-14(15,16)17/h12H,3-11H2,1-2H3,(H2,18,19,20). The molecule has 7 heteroatoms. The lowest BCUT2D eigenvalue weighted by Gasteiger charge is -2.33. The van der Waals surface area contributed by atoms with Crippen molar-refractivity contribution in [3.63, 3.8) is 0 Å². The first-order chi connectivity index (χ1) is 9.92. The number of likely N-dealkylation sites (tertiary alicyclic amines) is 1. The molecular weight excluding hydrogens is 281 g/mol. The van der Waals surface area contributed by atoms with Gasteiger partial charge in [0.05, 0.1) is 6.42 Å². The molecule has 1 unspecified atom stereocenters. The number of guanidine groups is 1. The summed E-state index contributed by atoms with van der Waals surface area (Å²) < 4.78 is 36.2. The van der Waals surface area contributed by atoms with Crippen LogP contribution in [0.5, 0.6) is 0 Å². The summed E-state index contributed by atoms with van der Waals surface area (Å²) in [6.07, 6.45) is -0.183. The Morgan fingerprint density at radius 1 is 1.24 bits per heavy atom. The highest BCUT2D eigenvalue weighted by molar-refractivity contribution is 5.79. The van der Waals surface area contributed by atoms with Crippen molar-refractivity contribution < 1.29 is 13.2 Å². The predicted molar refractivity (Wildman–Crippen MR) is 79.5 cm³/mol. The van der Waals surface area contributed by atoms with Gasteiger partial charge in [-0.05, 0) is 32.7 Å². The number of halogens is 3. The molecule has 1 aliphatic rings. The lowest BCUT2D eigenvalue weighted by Crippen LogP contribution is -2.42. The van der Waals surface area contributed by atoms with Crippen molar-refractivity contribution in [3.05, 3.63) is 0 Å². The van der Waals surface area contributed by atoms with Crippen molar-refractivity contribution in [2.75, 3.05) is 33.2 Å². The zero-order valence-electron chi connectivity index (χ0n) is 13.0. The topological polar surface area (TPSA) is 39.7 Å². The zero-order valence-corrected chi connectivity index (χ0v) is 13.0. The van der Waals surface area contributed by atoms with E-state index in [1.807, 2.05) is 0 Å². The highest BCUT2D eigenvalue weighted by atomic mass is 19.4. The van der Waals surface area contributed by atoms with E-state index in [0.717, 1.165) is 26.1 Å². The first-order valence-electron chi connectivity index (χ1n) is 7.67. The molecular formula is C14H27F3N4. The van der Waals surface area contributed by atoms with E-state index in [1.165, 1.54) is 19.3 Å². The van der Waals surface area contributed by atoms with Gasteiger partial charge in [0, 0.05) is 32.7 Å². The van der Waals surface area contributed by atoms with E-state index in [9.17, 15) is 13.2 Å². The second-order valence-electron chi connectivity index (χ2n) is 5.53. The van der Waals surface area contributed by atoms with Gasteiger partial charge in [-0.25, -0.2) is 0 Å². The molecule has 0 aliphatic carbocycles. The van der Waals surface area contributed by atoms with Crippen molar-refractivity contribution in [2.24, 2.45) is 4.99 Å². The van der Waals surface area contributed by atoms with Gasteiger partial charge in [-0.15, -0.1) is 0 Å². The van der Waals surface area contributed by atoms with Crippen molar-refractivity contribution in [1.29, 1.82) is 0 Å². The van der Waals surface area contributed by atoms with Gasteiger partial charge in [0.1, 0.15) is 0 Å². The molecule has 1 aliphatic heterocycles. The molecule has 1 saturated heterocycles. The number of piperidine rings is 1. The van der Waals surface area contributed by atoms with E-state index in [1.54, 1.807) is 7.05 Å². The smallest absolute Gasteiger partial charge is 0.356 e. The van der Waals surface area contributed by atoms with Gasteiger partial charge in [0.25, 0.3) is 0 Å². The minimum absolute atomic E-state index is 0.146. The van der Waals surface area contributed by atoms with Crippen LogP contribution in [-0.4, -0.2) is 56.3 Å². The fourth-order valence-electron chi connectivity index (χ4n) is 2.52. The second-order valence-corrected chi connectivity index (χ2v) is 5.53. The van der Waals surface area contributed by atoms with Crippen LogP contribution in [0.3, 0.4) is 0 Å². The SMILES string of the molecule is CN=C(NCCCN1CCCCC1C)NCCC(F)(F)F. The molecule has 124 valence electrons. The maximum Gasteiger partial charge on any atom is 0.390 e. The van der Waals surface area contributed by atoms with Crippen molar-refractivity contribution in [2.45, 2.75) is 51.2 Å². The lowest BCUT2D eigenvalue weighted by molar-refractivity contribution is -0.132. The Balaban J connectivity index is 2.12. The third-order valence-corrected chi connectivity index (χ3v) is 3.78. The van der Waals surface area contributed by atoms with Crippen LogP contribution in [0.15, 0.2) is 4.99 Å². The van der Waals surface area contributed by atoms with Gasteiger partial charge < -0.3 is 15.5 Å². The quantitative estimate of drug-likeness (QED) is 0.449. The van der Waals surface area contributed by atoms with Gasteiger partial charge in [0.15, 0.2) is 5.96 Å². The monoisotopic (exact) mass is 308 g/mol. The average Bonchev–Trinajstić information content (AvgIpc) is 2.42. The molecule has 0 bridgehead atoms. The molecule has 1 rings (SSSR count). The van der Waals surface area contributed by atoms with Gasteiger partial charge in [-0.2, -0.15) is 13.2 Å². The predicted octanol–water partition coefficient (Wildman–Crippen LogP) is 2.37. The molecule has 4 nitrogen and oxygen atoms in total. The van der Waals surface area contributed by atoms with Crippen LogP contribution in [0.25, 0.3) is 0 Å². The summed E-state index contributed by atoms with van der Waals surface area (Å²) in [5, 5.41) is 5.73. The second kappa shape index (κ2) is 9.12. The Labute approximate surface area is 125 Å². The molecule has 21 heavy (non-hydrogen) atoms. The van der Waals surface area contributed by atoms with Crippen LogP contribution in [0.4, 0.5) is 13.2 Å². The molecule has 1 fully saturated rings.